The van der Waals surface area contributed by atoms with Crippen LogP contribution in [0.3, 0.4) is 0 Å². The number of hydrogen-bond donors (Lipinski definition) is 1. The number of rotatable bonds is 9. The van der Waals surface area contributed by atoms with Crippen molar-refractivity contribution >= 4 is 15.9 Å². The zero-order valence-electron chi connectivity index (χ0n) is 19.5. The normalized spacial score (nSPS) is 13.0. The molecule has 2 aromatic carbocycles. The van der Waals surface area contributed by atoms with E-state index in [2.05, 4.69) is 19.2 Å². The summed E-state index contributed by atoms with van der Waals surface area (Å²) in [6.07, 6.45) is -0.649. The van der Waals surface area contributed by atoms with Crippen molar-refractivity contribution in [2.45, 2.75) is 71.0 Å². The molecule has 0 fully saturated rings. The molecule has 6 nitrogen and oxygen atoms in total. The summed E-state index contributed by atoms with van der Waals surface area (Å²) in [7, 11) is -1.96. The van der Waals surface area contributed by atoms with Crippen molar-refractivity contribution in [3.05, 3.63) is 59.2 Å². The molecule has 1 atom stereocenters. The molecule has 0 radical (unpaired) electrons. The second kappa shape index (κ2) is 10.3. The van der Waals surface area contributed by atoms with Crippen LogP contribution in [0.1, 0.15) is 57.2 Å². The van der Waals surface area contributed by atoms with Gasteiger partial charge in [-0.2, -0.15) is 4.31 Å². The third kappa shape index (κ3) is 6.31. The Morgan fingerprint density at radius 1 is 1.03 bits per heavy atom. The third-order valence-corrected chi connectivity index (χ3v) is 7.39. The molecule has 170 valence electrons. The van der Waals surface area contributed by atoms with E-state index in [4.69, 9.17) is 4.74 Å². The van der Waals surface area contributed by atoms with E-state index in [1.54, 1.807) is 38.2 Å². The lowest BCUT2D eigenvalue weighted by Gasteiger charge is -2.21. The van der Waals surface area contributed by atoms with Crippen LogP contribution in [0.2, 0.25) is 0 Å². The highest BCUT2D eigenvalue weighted by atomic mass is 32.2. The molecule has 0 saturated heterocycles. The van der Waals surface area contributed by atoms with Crippen LogP contribution in [-0.2, 0) is 21.4 Å². The standard InChI is InChI=1S/C24H34N2O4S/c1-16(2)23-13-10-21(14-18(23)5)30-19(6)24(27)25-15-20-8-11-22(12-9-20)31(28,29)26(7)17(3)4/h8-14,16-17,19H,15H2,1-7H3,(H,25,27). The van der Waals surface area contributed by atoms with Gasteiger partial charge in [-0.15, -0.1) is 0 Å². The molecule has 2 rings (SSSR count). The number of aryl methyl sites for hydroxylation is 1. The van der Waals surface area contributed by atoms with Gasteiger partial charge in [0.25, 0.3) is 5.91 Å². The van der Waals surface area contributed by atoms with Gasteiger partial charge in [0.2, 0.25) is 10.0 Å². The minimum absolute atomic E-state index is 0.129. The number of amides is 1. The average Bonchev–Trinajstić information content (AvgIpc) is 2.71. The first-order valence-corrected chi connectivity index (χ1v) is 12.0. The number of ether oxygens (including phenoxy) is 1. The summed E-state index contributed by atoms with van der Waals surface area (Å²) in [6, 6.07) is 12.3. The summed E-state index contributed by atoms with van der Waals surface area (Å²) >= 11 is 0. The van der Waals surface area contributed by atoms with Crippen molar-refractivity contribution in [3.63, 3.8) is 0 Å². The Kier molecular flexibility index (Phi) is 8.26. The van der Waals surface area contributed by atoms with Crippen molar-refractivity contribution in [1.82, 2.24) is 9.62 Å². The monoisotopic (exact) mass is 446 g/mol. The van der Waals surface area contributed by atoms with E-state index in [0.29, 0.717) is 11.7 Å². The first kappa shape index (κ1) is 24.9. The fraction of sp³-hybridized carbons (Fsp3) is 0.458. The van der Waals surface area contributed by atoms with E-state index in [9.17, 15) is 13.2 Å². The van der Waals surface area contributed by atoms with E-state index < -0.39 is 16.1 Å². The Morgan fingerprint density at radius 2 is 1.65 bits per heavy atom. The molecule has 0 saturated carbocycles. The van der Waals surface area contributed by atoms with Crippen LogP contribution in [0.15, 0.2) is 47.4 Å². The van der Waals surface area contributed by atoms with Crippen LogP contribution in [0.25, 0.3) is 0 Å². The number of carbonyl (C=O) groups is 1. The van der Waals surface area contributed by atoms with Gasteiger partial charge in [0.15, 0.2) is 6.10 Å². The first-order valence-electron chi connectivity index (χ1n) is 10.6. The minimum atomic E-state index is -3.52. The zero-order valence-corrected chi connectivity index (χ0v) is 20.3. The van der Waals surface area contributed by atoms with E-state index >= 15 is 0 Å². The summed E-state index contributed by atoms with van der Waals surface area (Å²) < 4.78 is 32.2. The van der Waals surface area contributed by atoms with Gasteiger partial charge in [0.05, 0.1) is 4.90 Å². The van der Waals surface area contributed by atoms with Gasteiger partial charge in [0, 0.05) is 19.6 Å². The SMILES string of the molecule is Cc1cc(OC(C)C(=O)NCc2ccc(S(=O)(=O)N(C)C(C)C)cc2)ccc1C(C)C. The number of benzene rings is 2. The summed E-state index contributed by atoms with van der Waals surface area (Å²) in [6.45, 7) is 12.0. The third-order valence-electron chi connectivity index (χ3n) is 5.34. The van der Waals surface area contributed by atoms with Crippen molar-refractivity contribution in [2.24, 2.45) is 0 Å². The van der Waals surface area contributed by atoms with Gasteiger partial charge in [0.1, 0.15) is 5.75 Å². The van der Waals surface area contributed by atoms with Crippen LogP contribution in [0, 0.1) is 6.92 Å². The maximum atomic E-state index is 12.5. The quantitative estimate of drug-likeness (QED) is 0.625. The molecule has 0 aliphatic heterocycles. The highest BCUT2D eigenvalue weighted by Gasteiger charge is 2.23. The Balaban J connectivity index is 1.95. The molecule has 0 aromatic heterocycles. The van der Waals surface area contributed by atoms with Crippen molar-refractivity contribution in [1.29, 1.82) is 0 Å². The Bertz CT molecular complexity index is 999. The molecule has 0 heterocycles. The first-order chi connectivity index (χ1) is 14.4. The van der Waals surface area contributed by atoms with Crippen LogP contribution in [-0.4, -0.2) is 37.8 Å². The molecule has 0 spiro atoms. The molecule has 31 heavy (non-hydrogen) atoms. The van der Waals surface area contributed by atoms with Crippen molar-refractivity contribution < 1.29 is 17.9 Å². The van der Waals surface area contributed by atoms with Gasteiger partial charge in [-0.1, -0.05) is 32.0 Å². The summed E-state index contributed by atoms with van der Waals surface area (Å²) in [5, 5.41) is 2.84. The Hall–Kier alpha value is -2.38. The number of nitrogens with one attached hydrogen (secondary N) is 1. The van der Waals surface area contributed by atoms with Crippen LogP contribution < -0.4 is 10.1 Å². The molecule has 1 N–H and O–H groups in total. The van der Waals surface area contributed by atoms with E-state index in [0.717, 1.165) is 11.1 Å². The van der Waals surface area contributed by atoms with E-state index in [1.807, 2.05) is 39.0 Å². The Labute approximate surface area is 186 Å². The molecule has 1 amide bonds. The molecule has 2 aromatic rings. The van der Waals surface area contributed by atoms with Gasteiger partial charge in [-0.3, -0.25) is 4.79 Å². The topological polar surface area (TPSA) is 75.7 Å². The number of nitrogens with zero attached hydrogens (tertiary/aromatic N) is 1. The van der Waals surface area contributed by atoms with E-state index in [1.165, 1.54) is 9.87 Å². The number of sulfonamides is 1. The largest absolute Gasteiger partial charge is 0.481 e. The molecular weight excluding hydrogens is 412 g/mol. The van der Waals surface area contributed by atoms with Crippen molar-refractivity contribution in [2.75, 3.05) is 7.05 Å². The van der Waals surface area contributed by atoms with Crippen LogP contribution in [0.4, 0.5) is 0 Å². The lowest BCUT2D eigenvalue weighted by molar-refractivity contribution is -0.127. The lowest BCUT2D eigenvalue weighted by Crippen LogP contribution is -2.36. The van der Waals surface area contributed by atoms with Crippen LogP contribution >= 0.6 is 0 Å². The van der Waals surface area contributed by atoms with Crippen molar-refractivity contribution in [3.8, 4) is 5.75 Å². The van der Waals surface area contributed by atoms with Gasteiger partial charge < -0.3 is 10.1 Å². The fourth-order valence-corrected chi connectivity index (χ4v) is 4.55. The zero-order chi connectivity index (χ0) is 23.3. The average molecular weight is 447 g/mol. The maximum absolute atomic E-state index is 12.5. The molecular formula is C24H34N2O4S. The second-order valence-corrected chi connectivity index (χ2v) is 10.4. The Morgan fingerprint density at radius 3 is 2.16 bits per heavy atom. The predicted molar refractivity (Wildman–Crippen MR) is 124 cm³/mol. The highest BCUT2D eigenvalue weighted by molar-refractivity contribution is 7.89. The van der Waals surface area contributed by atoms with Gasteiger partial charge >= 0.3 is 0 Å². The fourth-order valence-electron chi connectivity index (χ4n) is 3.18. The summed E-state index contributed by atoms with van der Waals surface area (Å²) in [5.74, 6) is 0.858. The smallest absolute Gasteiger partial charge is 0.261 e. The molecule has 0 aliphatic carbocycles. The lowest BCUT2D eigenvalue weighted by atomic mass is 9.98. The number of carbonyl (C=O) groups excluding carboxylic acids is 1. The molecule has 1 unspecified atom stereocenters. The molecule has 0 bridgehead atoms. The molecule has 7 heteroatoms. The highest BCUT2D eigenvalue weighted by Crippen LogP contribution is 2.24. The van der Waals surface area contributed by atoms with Gasteiger partial charge in [-0.25, -0.2) is 8.42 Å². The van der Waals surface area contributed by atoms with E-state index in [-0.39, 0.29) is 23.4 Å². The summed E-state index contributed by atoms with van der Waals surface area (Å²) in [5.41, 5.74) is 3.21. The maximum Gasteiger partial charge on any atom is 0.261 e. The van der Waals surface area contributed by atoms with Crippen LogP contribution in [0.5, 0.6) is 5.75 Å². The summed E-state index contributed by atoms with van der Waals surface area (Å²) in [4.78, 5) is 12.7. The predicted octanol–water partition coefficient (Wildman–Crippen LogP) is 4.23. The minimum Gasteiger partial charge on any atom is -0.481 e. The number of hydrogen-bond acceptors (Lipinski definition) is 4. The second-order valence-electron chi connectivity index (χ2n) is 8.41. The molecule has 0 aliphatic rings. The van der Waals surface area contributed by atoms with Gasteiger partial charge in [-0.05, 0) is 74.6 Å².